The van der Waals surface area contributed by atoms with Crippen LogP contribution < -0.4 is 5.32 Å². The number of nitrogens with zero attached hydrogens (tertiary/aromatic N) is 3. The Labute approximate surface area is 212 Å². The highest BCUT2D eigenvalue weighted by molar-refractivity contribution is 5.85. The summed E-state index contributed by atoms with van der Waals surface area (Å²) in [5.41, 5.74) is -0.263. The number of aliphatic carboxylic acids is 1. The van der Waals surface area contributed by atoms with Gasteiger partial charge in [0.2, 0.25) is 0 Å². The van der Waals surface area contributed by atoms with Crippen LogP contribution in [-0.2, 0) is 10.7 Å². The summed E-state index contributed by atoms with van der Waals surface area (Å²) in [4.78, 5) is 17.1. The third-order valence-electron chi connectivity index (χ3n) is 4.99. The third kappa shape index (κ3) is 6.95. The summed E-state index contributed by atoms with van der Waals surface area (Å²) < 4.78 is 102. The van der Waals surface area contributed by atoms with Crippen LogP contribution in [0.2, 0.25) is 0 Å². The molecule has 16 heteroatoms. The molecule has 0 radical (unpaired) electrons. The Morgan fingerprint density at radius 2 is 1.59 bits per heavy atom. The molecule has 39 heavy (non-hydrogen) atoms. The lowest BCUT2D eigenvalue weighted by molar-refractivity contribution is -0.290. The van der Waals surface area contributed by atoms with Crippen molar-refractivity contribution >= 4 is 22.8 Å². The van der Waals surface area contributed by atoms with Crippen molar-refractivity contribution in [3.63, 3.8) is 0 Å². The standard InChI is InChI=1S/C21H15F5N4O2.C2HF3O2/c22-20(23,21(24,25)26)19-14-7-6-13(8-17(14)32-30-19)15-9-18(29-11-28-15)27-10-16(31)12-4-2-1-3-5-12;3-2(4,5)1(6)7/h1-9,11,16,31H,10H2,(H,27,28,29);(H,6,7)/t16-;/m0./s1. The molecule has 4 aromatic rings. The number of aromatic nitrogens is 3. The van der Waals surface area contributed by atoms with E-state index >= 15 is 0 Å². The first kappa shape index (κ1) is 29.2. The van der Waals surface area contributed by atoms with Gasteiger partial charge in [-0.1, -0.05) is 41.6 Å². The number of aliphatic hydroxyl groups is 1. The predicted molar refractivity (Wildman–Crippen MR) is 119 cm³/mol. The highest BCUT2D eigenvalue weighted by Gasteiger charge is 2.61. The number of hydrogen-bond donors (Lipinski definition) is 3. The molecule has 0 aliphatic carbocycles. The smallest absolute Gasteiger partial charge is 0.475 e. The van der Waals surface area contributed by atoms with E-state index in [1.165, 1.54) is 18.5 Å². The topological polar surface area (TPSA) is 121 Å². The average molecular weight is 564 g/mol. The van der Waals surface area contributed by atoms with Gasteiger partial charge in [-0.15, -0.1) is 0 Å². The lowest BCUT2D eigenvalue weighted by atomic mass is 10.1. The molecule has 0 amide bonds. The van der Waals surface area contributed by atoms with Gasteiger partial charge < -0.3 is 20.1 Å². The summed E-state index contributed by atoms with van der Waals surface area (Å²) in [6.45, 7) is 0.164. The number of carboxylic acids is 1. The number of alkyl halides is 8. The summed E-state index contributed by atoms with van der Waals surface area (Å²) in [5, 5.41) is 22.8. The first-order valence-electron chi connectivity index (χ1n) is 10.5. The summed E-state index contributed by atoms with van der Waals surface area (Å²) in [5.74, 6) is -7.52. The monoisotopic (exact) mass is 564 g/mol. The van der Waals surface area contributed by atoms with Gasteiger partial charge in [0, 0.05) is 18.2 Å². The third-order valence-corrected chi connectivity index (χ3v) is 4.99. The zero-order valence-electron chi connectivity index (χ0n) is 19.1. The number of rotatable bonds is 6. The van der Waals surface area contributed by atoms with Gasteiger partial charge in [0.25, 0.3) is 0 Å². The Hall–Kier alpha value is -4.34. The van der Waals surface area contributed by atoms with Crippen molar-refractivity contribution in [2.24, 2.45) is 0 Å². The predicted octanol–water partition coefficient (Wildman–Crippen LogP) is 5.72. The van der Waals surface area contributed by atoms with Crippen LogP contribution in [0.5, 0.6) is 0 Å². The number of nitrogens with one attached hydrogen (secondary N) is 1. The van der Waals surface area contributed by atoms with Gasteiger partial charge in [0.05, 0.1) is 17.2 Å². The number of benzene rings is 2. The molecular formula is C23H16F8N4O4. The fourth-order valence-corrected chi connectivity index (χ4v) is 3.06. The molecule has 4 rings (SSSR count). The first-order chi connectivity index (χ1) is 18.1. The molecule has 1 atom stereocenters. The summed E-state index contributed by atoms with van der Waals surface area (Å²) >= 11 is 0. The molecule has 0 fully saturated rings. The summed E-state index contributed by atoms with van der Waals surface area (Å²) in [7, 11) is 0. The van der Waals surface area contributed by atoms with Crippen LogP contribution in [0.4, 0.5) is 40.9 Å². The molecule has 0 saturated heterocycles. The van der Waals surface area contributed by atoms with Crippen molar-refractivity contribution in [2.45, 2.75) is 24.4 Å². The summed E-state index contributed by atoms with van der Waals surface area (Å²) in [6.07, 6.45) is -10.4. The van der Waals surface area contributed by atoms with E-state index in [2.05, 4.69) is 20.4 Å². The van der Waals surface area contributed by atoms with Crippen LogP contribution in [0, 0.1) is 0 Å². The lowest BCUT2D eigenvalue weighted by Crippen LogP contribution is -2.34. The van der Waals surface area contributed by atoms with Gasteiger partial charge in [-0.2, -0.15) is 35.1 Å². The Balaban J connectivity index is 0.000000532. The van der Waals surface area contributed by atoms with Crippen molar-refractivity contribution in [3.8, 4) is 11.3 Å². The lowest BCUT2D eigenvalue weighted by Gasteiger charge is -2.16. The molecule has 8 nitrogen and oxygen atoms in total. The second-order valence-electron chi connectivity index (χ2n) is 7.71. The molecule has 3 N–H and O–H groups in total. The van der Waals surface area contributed by atoms with Crippen molar-refractivity contribution in [2.75, 3.05) is 11.9 Å². The normalized spacial score (nSPS) is 12.9. The van der Waals surface area contributed by atoms with E-state index in [0.717, 1.165) is 11.6 Å². The Kier molecular flexibility index (Phi) is 8.38. The highest BCUT2D eigenvalue weighted by atomic mass is 19.4. The minimum absolute atomic E-state index is 0.164. The maximum Gasteiger partial charge on any atom is 0.490 e. The molecule has 0 saturated carbocycles. The van der Waals surface area contributed by atoms with Gasteiger partial charge in [0.15, 0.2) is 11.3 Å². The molecule has 2 aromatic carbocycles. The van der Waals surface area contributed by atoms with Crippen molar-refractivity contribution in [1.82, 2.24) is 15.1 Å². The molecule has 208 valence electrons. The SMILES string of the molecule is O=C(O)C(F)(F)F.O[C@@H](CNc1cc(-c2ccc3c(C(F)(F)C(F)(F)F)noc3c2)ncn1)c1ccccc1. The maximum atomic E-state index is 13.7. The van der Waals surface area contributed by atoms with Crippen LogP contribution in [0.1, 0.15) is 17.4 Å². The minimum atomic E-state index is -5.80. The van der Waals surface area contributed by atoms with Crippen molar-refractivity contribution in [3.05, 3.63) is 72.2 Å². The number of fused-ring (bicyclic) bond motifs is 1. The molecule has 0 spiro atoms. The van der Waals surface area contributed by atoms with Gasteiger partial charge in [-0.25, -0.2) is 14.8 Å². The van der Waals surface area contributed by atoms with Crippen LogP contribution in [-0.4, -0.2) is 50.2 Å². The average Bonchev–Trinajstić information content (AvgIpc) is 3.31. The fraction of sp³-hybridized carbons (Fsp3) is 0.217. The number of carbonyl (C=O) groups is 1. The van der Waals surface area contributed by atoms with E-state index in [4.69, 9.17) is 14.4 Å². The van der Waals surface area contributed by atoms with Gasteiger partial charge in [0.1, 0.15) is 12.1 Å². The molecule has 2 heterocycles. The van der Waals surface area contributed by atoms with Gasteiger partial charge in [-0.05, 0) is 17.7 Å². The molecule has 0 aliphatic rings. The maximum absolute atomic E-state index is 13.7. The molecule has 0 bridgehead atoms. The second-order valence-corrected chi connectivity index (χ2v) is 7.71. The van der Waals surface area contributed by atoms with Gasteiger partial charge >= 0.3 is 24.2 Å². The van der Waals surface area contributed by atoms with E-state index in [0.29, 0.717) is 17.1 Å². The number of aliphatic hydroxyl groups excluding tert-OH is 1. The number of carboxylic acid groups (broad SMARTS) is 1. The Morgan fingerprint density at radius 3 is 2.18 bits per heavy atom. The van der Waals surface area contributed by atoms with E-state index in [-0.39, 0.29) is 12.1 Å². The number of anilines is 1. The van der Waals surface area contributed by atoms with Crippen LogP contribution in [0.3, 0.4) is 0 Å². The minimum Gasteiger partial charge on any atom is -0.475 e. The number of halogens is 8. The van der Waals surface area contributed by atoms with Gasteiger partial charge in [-0.3, -0.25) is 0 Å². The van der Waals surface area contributed by atoms with Crippen LogP contribution in [0.25, 0.3) is 22.2 Å². The fourth-order valence-electron chi connectivity index (χ4n) is 3.06. The molecule has 0 aliphatic heterocycles. The van der Waals surface area contributed by atoms with Crippen LogP contribution in [0.15, 0.2) is 65.4 Å². The number of hydrogen-bond acceptors (Lipinski definition) is 7. The second kappa shape index (κ2) is 11.2. The zero-order chi connectivity index (χ0) is 29.0. The van der Waals surface area contributed by atoms with E-state index in [1.54, 1.807) is 30.3 Å². The van der Waals surface area contributed by atoms with Crippen molar-refractivity contribution < 1.29 is 54.7 Å². The quantitative estimate of drug-likeness (QED) is 0.255. The molecular weight excluding hydrogens is 548 g/mol. The Morgan fingerprint density at radius 1 is 0.949 bits per heavy atom. The zero-order valence-corrected chi connectivity index (χ0v) is 19.1. The van der Waals surface area contributed by atoms with E-state index in [9.17, 15) is 40.2 Å². The molecule has 2 aromatic heterocycles. The van der Waals surface area contributed by atoms with Crippen LogP contribution >= 0.6 is 0 Å². The van der Waals surface area contributed by atoms with E-state index in [1.807, 2.05) is 6.07 Å². The van der Waals surface area contributed by atoms with E-state index < -0.39 is 41.4 Å². The molecule has 0 unspecified atom stereocenters. The van der Waals surface area contributed by atoms with Crippen molar-refractivity contribution in [1.29, 1.82) is 0 Å². The summed E-state index contributed by atoms with van der Waals surface area (Å²) in [6, 6.07) is 14.2. The highest BCUT2D eigenvalue weighted by Crippen LogP contribution is 2.45. The first-order valence-corrected chi connectivity index (χ1v) is 10.5. The largest absolute Gasteiger partial charge is 0.490 e. The Bertz CT molecular complexity index is 1430.